The van der Waals surface area contributed by atoms with Gasteiger partial charge in [0.1, 0.15) is 5.75 Å². The van der Waals surface area contributed by atoms with E-state index in [1.54, 1.807) is 7.11 Å². The molecule has 1 rings (SSSR count). The first-order valence-electron chi connectivity index (χ1n) is 7.75. The fraction of sp³-hybridized carbons (Fsp3) is 0.647. The molecule has 0 saturated heterocycles. The summed E-state index contributed by atoms with van der Waals surface area (Å²) in [5.41, 5.74) is 0.962. The van der Waals surface area contributed by atoms with E-state index in [9.17, 15) is 5.11 Å². The second kappa shape index (κ2) is 9.78. The molecule has 3 heteroatoms. The summed E-state index contributed by atoms with van der Waals surface area (Å²) < 4.78 is 5.14. The van der Waals surface area contributed by atoms with Gasteiger partial charge in [-0.2, -0.15) is 0 Å². The zero-order valence-corrected chi connectivity index (χ0v) is 13.1. The monoisotopic (exact) mass is 279 g/mol. The van der Waals surface area contributed by atoms with Gasteiger partial charge in [0.2, 0.25) is 0 Å². The number of methoxy groups -OCH3 is 1. The Morgan fingerprint density at radius 3 is 2.05 bits per heavy atom. The summed E-state index contributed by atoms with van der Waals surface area (Å²) >= 11 is 0. The molecule has 0 bridgehead atoms. The first-order valence-corrected chi connectivity index (χ1v) is 7.75. The summed E-state index contributed by atoms with van der Waals surface area (Å²) in [5.74, 6) is 0.828. The third-order valence-corrected chi connectivity index (χ3v) is 3.59. The second-order valence-corrected chi connectivity index (χ2v) is 5.30. The van der Waals surface area contributed by atoms with Crippen molar-refractivity contribution < 1.29 is 9.84 Å². The molecule has 3 nitrogen and oxygen atoms in total. The van der Waals surface area contributed by atoms with Crippen molar-refractivity contribution in [3.8, 4) is 5.75 Å². The van der Waals surface area contributed by atoms with Gasteiger partial charge >= 0.3 is 0 Å². The third-order valence-electron chi connectivity index (χ3n) is 3.59. The summed E-state index contributed by atoms with van der Waals surface area (Å²) in [4.78, 5) is 2.38. The van der Waals surface area contributed by atoms with Crippen molar-refractivity contribution in [1.82, 2.24) is 4.90 Å². The summed E-state index contributed by atoms with van der Waals surface area (Å²) in [6.07, 6.45) is 4.36. The van der Waals surface area contributed by atoms with E-state index in [-0.39, 0.29) is 0 Å². The van der Waals surface area contributed by atoms with Crippen LogP contribution in [0.4, 0.5) is 0 Å². The van der Waals surface area contributed by atoms with Crippen LogP contribution < -0.4 is 4.74 Å². The molecule has 0 saturated carbocycles. The van der Waals surface area contributed by atoms with Gasteiger partial charge in [-0.05, 0) is 43.6 Å². The molecule has 114 valence electrons. The fourth-order valence-electron chi connectivity index (χ4n) is 2.23. The van der Waals surface area contributed by atoms with Crippen molar-refractivity contribution in [1.29, 1.82) is 0 Å². The molecule has 1 atom stereocenters. The molecule has 1 N–H and O–H groups in total. The molecule has 1 aromatic rings. The largest absolute Gasteiger partial charge is 0.497 e. The van der Waals surface area contributed by atoms with Crippen LogP contribution in [0.1, 0.15) is 51.2 Å². The Hall–Kier alpha value is -1.06. The molecule has 0 aliphatic rings. The standard InChI is InChI=1S/C17H29NO2/c1-4-6-12-18(13-7-5-2)14-17(19)15-8-10-16(20-3)11-9-15/h8-11,17,19H,4-7,12-14H2,1-3H3. The Morgan fingerprint density at radius 1 is 1.05 bits per heavy atom. The first kappa shape index (κ1) is 17.0. The van der Waals surface area contributed by atoms with Gasteiger partial charge in [-0.25, -0.2) is 0 Å². The number of ether oxygens (including phenoxy) is 1. The van der Waals surface area contributed by atoms with Crippen LogP contribution in [0.15, 0.2) is 24.3 Å². The van der Waals surface area contributed by atoms with Gasteiger partial charge in [-0.15, -0.1) is 0 Å². The Bertz CT molecular complexity index is 343. The SMILES string of the molecule is CCCCN(CCCC)CC(O)c1ccc(OC)cc1. The highest BCUT2D eigenvalue weighted by atomic mass is 16.5. The maximum absolute atomic E-state index is 10.4. The number of nitrogens with zero attached hydrogens (tertiary/aromatic N) is 1. The molecule has 0 amide bonds. The summed E-state index contributed by atoms with van der Waals surface area (Å²) in [6, 6.07) is 7.70. The van der Waals surface area contributed by atoms with Gasteiger partial charge in [0.15, 0.2) is 0 Å². The van der Waals surface area contributed by atoms with E-state index in [0.29, 0.717) is 6.54 Å². The molecule has 0 heterocycles. The predicted octanol–water partition coefficient (Wildman–Crippen LogP) is 3.63. The number of unbranched alkanes of at least 4 members (excludes halogenated alkanes) is 2. The van der Waals surface area contributed by atoms with E-state index in [0.717, 1.165) is 24.4 Å². The minimum absolute atomic E-state index is 0.422. The first-order chi connectivity index (χ1) is 9.71. The van der Waals surface area contributed by atoms with Crippen molar-refractivity contribution in [2.75, 3.05) is 26.7 Å². The van der Waals surface area contributed by atoms with Crippen LogP contribution in [0.2, 0.25) is 0 Å². The zero-order valence-electron chi connectivity index (χ0n) is 13.1. The van der Waals surface area contributed by atoms with Crippen LogP contribution in [0.25, 0.3) is 0 Å². The smallest absolute Gasteiger partial charge is 0.118 e. The Kier molecular flexibility index (Phi) is 8.31. The summed E-state index contributed by atoms with van der Waals surface area (Å²) in [6.45, 7) is 7.27. The second-order valence-electron chi connectivity index (χ2n) is 5.30. The van der Waals surface area contributed by atoms with Gasteiger partial charge < -0.3 is 14.7 Å². The molecule has 1 unspecified atom stereocenters. The Balaban J connectivity index is 2.55. The highest BCUT2D eigenvalue weighted by molar-refractivity contribution is 5.28. The van der Waals surface area contributed by atoms with Gasteiger partial charge in [-0.1, -0.05) is 38.8 Å². The number of benzene rings is 1. The Labute approximate surface area is 123 Å². The minimum Gasteiger partial charge on any atom is -0.497 e. The molecule has 0 aliphatic carbocycles. The number of hydrogen-bond donors (Lipinski definition) is 1. The van der Waals surface area contributed by atoms with Crippen LogP contribution in [-0.2, 0) is 0 Å². The lowest BCUT2D eigenvalue weighted by atomic mass is 10.1. The molecule has 0 aromatic heterocycles. The van der Waals surface area contributed by atoms with Crippen molar-refractivity contribution in [3.05, 3.63) is 29.8 Å². The predicted molar refractivity (Wildman–Crippen MR) is 84.2 cm³/mol. The summed E-state index contributed by atoms with van der Waals surface area (Å²) in [7, 11) is 1.66. The Morgan fingerprint density at radius 2 is 1.60 bits per heavy atom. The lowest BCUT2D eigenvalue weighted by Gasteiger charge is -2.25. The molecule has 0 fully saturated rings. The molecule has 20 heavy (non-hydrogen) atoms. The van der Waals surface area contributed by atoms with Crippen molar-refractivity contribution in [3.63, 3.8) is 0 Å². The fourth-order valence-corrected chi connectivity index (χ4v) is 2.23. The van der Waals surface area contributed by atoms with Crippen LogP contribution in [0.3, 0.4) is 0 Å². The molecule has 0 aliphatic heterocycles. The molecule has 1 aromatic carbocycles. The topological polar surface area (TPSA) is 32.7 Å². The van der Waals surface area contributed by atoms with Crippen LogP contribution in [-0.4, -0.2) is 36.8 Å². The van der Waals surface area contributed by atoms with Crippen LogP contribution >= 0.6 is 0 Å². The minimum atomic E-state index is -0.422. The number of rotatable bonds is 10. The highest BCUT2D eigenvalue weighted by Gasteiger charge is 2.13. The average Bonchev–Trinajstić information content (AvgIpc) is 2.49. The van der Waals surface area contributed by atoms with Crippen LogP contribution in [0, 0.1) is 0 Å². The van der Waals surface area contributed by atoms with Gasteiger partial charge in [0.25, 0.3) is 0 Å². The number of aliphatic hydroxyl groups is 1. The molecular formula is C17H29NO2. The van der Waals surface area contributed by atoms with E-state index >= 15 is 0 Å². The van der Waals surface area contributed by atoms with E-state index in [1.165, 1.54) is 25.7 Å². The van der Waals surface area contributed by atoms with Gasteiger partial charge in [0, 0.05) is 6.54 Å². The maximum Gasteiger partial charge on any atom is 0.118 e. The van der Waals surface area contributed by atoms with Crippen molar-refractivity contribution >= 4 is 0 Å². The zero-order chi connectivity index (χ0) is 14.8. The quantitative estimate of drug-likeness (QED) is 0.710. The van der Waals surface area contributed by atoms with E-state index in [2.05, 4.69) is 18.7 Å². The summed E-state index contributed by atoms with van der Waals surface area (Å²) in [5, 5.41) is 10.4. The van der Waals surface area contributed by atoms with Crippen LogP contribution in [0.5, 0.6) is 5.75 Å². The van der Waals surface area contributed by atoms with Gasteiger partial charge in [0.05, 0.1) is 13.2 Å². The number of aliphatic hydroxyl groups excluding tert-OH is 1. The third kappa shape index (κ3) is 5.93. The normalized spacial score (nSPS) is 12.7. The molecule has 0 spiro atoms. The van der Waals surface area contributed by atoms with Gasteiger partial charge in [-0.3, -0.25) is 0 Å². The average molecular weight is 279 g/mol. The van der Waals surface area contributed by atoms with E-state index < -0.39 is 6.10 Å². The van der Waals surface area contributed by atoms with Crippen molar-refractivity contribution in [2.24, 2.45) is 0 Å². The lowest BCUT2D eigenvalue weighted by Crippen LogP contribution is -2.30. The lowest BCUT2D eigenvalue weighted by molar-refractivity contribution is 0.111. The molecule has 0 radical (unpaired) electrons. The number of hydrogen-bond acceptors (Lipinski definition) is 3. The van der Waals surface area contributed by atoms with Crippen molar-refractivity contribution in [2.45, 2.75) is 45.6 Å². The maximum atomic E-state index is 10.4. The highest BCUT2D eigenvalue weighted by Crippen LogP contribution is 2.19. The molecular weight excluding hydrogens is 250 g/mol. The van der Waals surface area contributed by atoms with E-state index in [1.807, 2.05) is 24.3 Å². The van der Waals surface area contributed by atoms with E-state index in [4.69, 9.17) is 4.74 Å².